The Morgan fingerprint density at radius 3 is 0.732 bits per heavy atom. The quantitative estimate of drug-likeness (QED) is 0.0222. The first-order valence-corrected chi connectivity index (χ1v) is 43.6. The number of hydrogen-bond acceptors (Lipinski definition) is 15. The van der Waals surface area contributed by atoms with Crippen LogP contribution in [0, 0.1) is 11.8 Å². The summed E-state index contributed by atoms with van der Waals surface area (Å²) in [7, 11) is -9.91. The van der Waals surface area contributed by atoms with E-state index in [1.807, 2.05) is 0 Å². The molecule has 0 aromatic rings. The lowest BCUT2D eigenvalue weighted by atomic mass is 9.99. The number of carbonyl (C=O) groups excluding carboxylic acids is 4. The summed E-state index contributed by atoms with van der Waals surface area (Å²) in [6.45, 7) is 9.66. The molecule has 0 heterocycles. The Balaban J connectivity index is 5.19. The second kappa shape index (κ2) is 69.8. The SMILES string of the molecule is CCCCCCCCCCCCCCCC(=O)OC[C@H](COP(=O)(O)OC[C@@H](O)COP(=O)(O)OC[C@@H](COC(=O)CCCCCCCCCCCC)OC(=O)CCCCCCCCCCC(C)CC)OC(=O)CCCCCCCCCCCCCCCCCCCCC(C)CC. The van der Waals surface area contributed by atoms with Crippen LogP contribution >= 0.6 is 15.6 Å². The van der Waals surface area contributed by atoms with Gasteiger partial charge in [-0.05, 0) is 37.5 Å². The molecule has 17 nitrogen and oxygen atoms in total. The minimum absolute atomic E-state index is 0.105. The molecule has 0 saturated heterocycles. The van der Waals surface area contributed by atoms with E-state index in [0.717, 1.165) is 102 Å². The molecule has 3 N–H and O–H groups in total. The van der Waals surface area contributed by atoms with Gasteiger partial charge in [0.15, 0.2) is 12.2 Å². The van der Waals surface area contributed by atoms with Crippen molar-refractivity contribution in [2.24, 2.45) is 11.8 Å². The van der Waals surface area contributed by atoms with Gasteiger partial charge in [-0.25, -0.2) is 9.13 Å². The molecule has 0 bridgehead atoms. The van der Waals surface area contributed by atoms with Crippen molar-refractivity contribution in [2.45, 2.75) is 426 Å². The average molecular weight is 1420 g/mol. The van der Waals surface area contributed by atoms with Gasteiger partial charge in [-0.15, -0.1) is 0 Å². The molecule has 0 amide bonds. The van der Waals surface area contributed by atoms with Gasteiger partial charge in [0.2, 0.25) is 0 Å². The standard InChI is InChI=1S/C78H152O17P2/c1-7-11-13-15-17-19-21-28-32-36-43-49-55-61-76(81)89-66-73(94-77(82)62-56-50-44-37-33-30-27-25-23-22-24-26-29-31-34-40-46-52-58-70(5)9-3)68-92-96(84,85)90-64-72(79)65-91-97(86,87)93-69-74(67-88-75(80)60-54-48-42-35-20-18-16-14-12-8-2)95-78(83)63-57-51-45-39-38-41-47-53-59-71(6)10-4/h70-74,79H,7-69H2,1-6H3,(H,84,85)(H,86,87)/t70?,71?,72-,73-,74-/m1/s1. The lowest BCUT2D eigenvalue weighted by Crippen LogP contribution is -2.30. The molecule has 0 fully saturated rings. The highest BCUT2D eigenvalue weighted by Gasteiger charge is 2.30. The maximum atomic E-state index is 13.1. The van der Waals surface area contributed by atoms with E-state index in [0.29, 0.717) is 25.7 Å². The molecule has 0 rings (SSSR count). The Morgan fingerprint density at radius 1 is 0.289 bits per heavy atom. The normalized spacial score (nSPS) is 14.5. The molecular weight excluding hydrogens is 1270 g/mol. The van der Waals surface area contributed by atoms with E-state index in [1.165, 1.54) is 225 Å². The number of aliphatic hydroxyl groups is 1. The molecule has 0 aromatic carbocycles. The first-order valence-electron chi connectivity index (χ1n) is 40.6. The van der Waals surface area contributed by atoms with Gasteiger partial charge >= 0.3 is 39.5 Å². The largest absolute Gasteiger partial charge is 0.472 e. The fourth-order valence-electron chi connectivity index (χ4n) is 11.9. The van der Waals surface area contributed by atoms with E-state index in [9.17, 15) is 43.2 Å². The van der Waals surface area contributed by atoms with E-state index in [-0.39, 0.29) is 25.7 Å². The van der Waals surface area contributed by atoms with Gasteiger partial charge in [-0.3, -0.25) is 37.3 Å². The van der Waals surface area contributed by atoms with Crippen molar-refractivity contribution in [1.82, 2.24) is 0 Å². The molecule has 4 unspecified atom stereocenters. The minimum atomic E-state index is -4.96. The second-order valence-corrected chi connectivity index (χ2v) is 31.5. The first kappa shape index (κ1) is 95.1. The zero-order valence-corrected chi connectivity index (χ0v) is 65.2. The second-order valence-electron chi connectivity index (χ2n) is 28.6. The van der Waals surface area contributed by atoms with Crippen molar-refractivity contribution < 1.29 is 80.2 Å². The van der Waals surface area contributed by atoms with Crippen LogP contribution in [0.25, 0.3) is 0 Å². The van der Waals surface area contributed by atoms with Crippen LogP contribution in [0.3, 0.4) is 0 Å². The zero-order valence-electron chi connectivity index (χ0n) is 63.4. The third-order valence-electron chi connectivity index (χ3n) is 18.9. The first-order chi connectivity index (χ1) is 46.9. The Bertz CT molecular complexity index is 1880. The minimum Gasteiger partial charge on any atom is -0.462 e. The van der Waals surface area contributed by atoms with Gasteiger partial charge in [-0.1, -0.05) is 356 Å². The van der Waals surface area contributed by atoms with Crippen molar-refractivity contribution in [1.29, 1.82) is 0 Å². The summed E-state index contributed by atoms with van der Waals surface area (Å²) in [6.07, 6.45) is 58.2. The van der Waals surface area contributed by atoms with Gasteiger partial charge < -0.3 is 33.8 Å². The number of esters is 4. The van der Waals surface area contributed by atoms with E-state index < -0.39 is 97.5 Å². The van der Waals surface area contributed by atoms with Crippen LogP contribution in [0.4, 0.5) is 0 Å². The summed E-state index contributed by atoms with van der Waals surface area (Å²) in [5, 5.41) is 10.6. The van der Waals surface area contributed by atoms with E-state index >= 15 is 0 Å². The molecule has 7 atom stereocenters. The van der Waals surface area contributed by atoms with Crippen molar-refractivity contribution in [2.75, 3.05) is 39.6 Å². The molecule has 0 radical (unpaired) electrons. The van der Waals surface area contributed by atoms with Crippen molar-refractivity contribution in [3.05, 3.63) is 0 Å². The lowest BCUT2D eigenvalue weighted by molar-refractivity contribution is -0.161. The van der Waals surface area contributed by atoms with Crippen LogP contribution in [0.1, 0.15) is 408 Å². The van der Waals surface area contributed by atoms with Gasteiger partial charge in [0.25, 0.3) is 0 Å². The molecule has 0 aliphatic heterocycles. The summed E-state index contributed by atoms with van der Waals surface area (Å²) >= 11 is 0. The van der Waals surface area contributed by atoms with Crippen molar-refractivity contribution in [3.63, 3.8) is 0 Å². The van der Waals surface area contributed by atoms with Gasteiger partial charge in [-0.2, -0.15) is 0 Å². The van der Waals surface area contributed by atoms with E-state index in [2.05, 4.69) is 41.5 Å². The van der Waals surface area contributed by atoms with Crippen LogP contribution in [0.15, 0.2) is 0 Å². The average Bonchev–Trinajstić information content (AvgIpc) is 1.35. The molecule has 0 spiro atoms. The summed E-state index contributed by atoms with van der Waals surface area (Å²) in [5.74, 6) is -0.473. The Hall–Kier alpha value is -1.94. The number of phosphoric ester groups is 2. The van der Waals surface area contributed by atoms with Crippen molar-refractivity contribution in [3.8, 4) is 0 Å². The number of unbranched alkanes of at least 4 members (excludes halogenated alkanes) is 45. The molecule has 0 saturated carbocycles. The molecule has 0 aromatic heterocycles. The van der Waals surface area contributed by atoms with E-state index in [4.69, 9.17) is 37.0 Å². The fourth-order valence-corrected chi connectivity index (χ4v) is 13.5. The van der Waals surface area contributed by atoms with Crippen molar-refractivity contribution >= 4 is 39.5 Å². The molecular formula is C78H152O17P2. The highest BCUT2D eigenvalue weighted by molar-refractivity contribution is 7.47. The van der Waals surface area contributed by atoms with Gasteiger partial charge in [0, 0.05) is 25.7 Å². The summed E-state index contributed by atoms with van der Waals surface area (Å²) in [5.41, 5.74) is 0. The number of hydrogen-bond donors (Lipinski definition) is 3. The lowest BCUT2D eigenvalue weighted by Gasteiger charge is -2.21. The van der Waals surface area contributed by atoms with E-state index in [1.54, 1.807) is 0 Å². The highest BCUT2D eigenvalue weighted by atomic mass is 31.2. The number of ether oxygens (including phenoxy) is 4. The smallest absolute Gasteiger partial charge is 0.462 e. The number of aliphatic hydroxyl groups excluding tert-OH is 1. The molecule has 19 heteroatoms. The maximum Gasteiger partial charge on any atom is 0.472 e. The molecule has 576 valence electrons. The van der Waals surface area contributed by atoms with Crippen LogP contribution < -0.4 is 0 Å². The van der Waals surface area contributed by atoms with Crippen LogP contribution in [-0.2, 0) is 65.4 Å². The Morgan fingerprint density at radius 2 is 0.495 bits per heavy atom. The highest BCUT2D eigenvalue weighted by Crippen LogP contribution is 2.45. The third-order valence-corrected chi connectivity index (χ3v) is 20.8. The summed E-state index contributed by atoms with van der Waals surface area (Å²) in [4.78, 5) is 72.8. The van der Waals surface area contributed by atoms with Crippen LogP contribution in [0.5, 0.6) is 0 Å². The number of carbonyl (C=O) groups is 4. The van der Waals surface area contributed by atoms with Gasteiger partial charge in [0.05, 0.1) is 26.4 Å². The maximum absolute atomic E-state index is 13.1. The Labute approximate surface area is 594 Å². The fraction of sp³-hybridized carbons (Fsp3) is 0.949. The summed E-state index contributed by atoms with van der Waals surface area (Å²) < 4.78 is 68.6. The predicted octanol–water partition coefficient (Wildman–Crippen LogP) is 23.1. The van der Waals surface area contributed by atoms with Crippen LogP contribution in [-0.4, -0.2) is 96.7 Å². The molecule has 97 heavy (non-hydrogen) atoms. The Kier molecular flexibility index (Phi) is 68.4. The molecule has 0 aliphatic carbocycles. The number of rotatable bonds is 77. The zero-order chi connectivity index (χ0) is 71.4. The number of phosphoric acid groups is 2. The molecule has 0 aliphatic rings. The monoisotopic (exact) mass is 1420 g/mol. The predicted molar refractivity (Wildman–Crippen MR) is 395 cm³/mol. The van der Waals surface area contributed by atoms with Gasteiger partial charge in [0.1, 0.15) is 19.3 Å². The van der Waals surface area contributed by atoms with Crippen LogP contribution in [0.2, 0.25) is 0 Å². The topological polar surface area (TPSA) is 237 Å². The summed E-state index contributed by atoms with van der Waals surface area (Å²) in [6, 6.07) is 0. The third kappa shape index (κ3) is 69.5.